The second-order valence-electron chi connectivity index (χ2n) is 5.88. The van der Waals surface area contributed by atoms with E-state index >= 15 is 0 Å². The van der Waals surface area contributed by atoms with Crippen molar-refractivity contribution in [1.29, 1.82) is 0 Å². The molecule has 1 aromatic heterocycles. The van der Waals surface area contributed by atoms with Crippen LogP contribution >= 0.6 is 23.2 Å². The van der Waals surface area contributed by atoms with Crippen molar-refractivity contribution in [2.75, 3.05) is 13.2 Å². The molecule has 1 heterocycles. The van der Waals surface area contributed by atoms with Crippen molar-refractivity contribution in [3.8, 4) is 0 Å². The fourth-order valence-corrected chi connectivity index (χ4v) is 2.88. The summed E-state index contributed by atoms with van der Waals surface area (Å²) in [5.74, 6) is -1.65. The van der Waals surface area contributed by atoms with E-state index in [2.05, 4.69) is 4.98 Å². The molecule has 0 saturated heterocycles. The highest BCUT2D eigenvalue weighted by Crippen LogP contribution is 2.23. The van der Waals surface area contributed by atoms with Gasteiger partial charge >= 0.3 is 11.9 Å². The molecule has 0 aliphatic carbocycles. The van der Waals surface area contributed by atoms with Crippen molar-refractivity contribution in [1.82, 2.24) is 4.98 Å². The number of aromatic amines is 1. The molecule has 0 amide bonds. The Morgan fingerprint density at radius 2 is 1.82 bits per heavy atom. The Labute approximate surface area is 172 Å². The lowest BCUT2D eigenvalue weighted by Gasteiger charge is -2.03. The maximum absolute atomic E-state index is 12.4. The van der Waals surface area contributed by atoms with Gasteiger partial charge in [-0.3, -0.25) is 4.79 Å². The molecule has 0 radical (unpaired) electrons. The Balaban J connectivity index is 2.01. The van der Waals surface area contributed by atoms with Gasteiger partial charge in [0.25, 0.3) is 0 Å². The molecule has 6 nitrogen and oxygen atoms in total. The van der Waals surface area contributed by atoms with Crippen LogP contribution in [-0.4, -0.2) is 35.9 Å². The minimum Gasteiger partial charge on any atom is -0.462 e. The molecule has 1 N–H and O–H groups in total. The summed E-state index contributed by atoms with van der Waals surface area (Å²) in [5.41, 5.74) is 2.17. The minimum absolute atomic E-state index is 0.210. The monoisotopic (exact) mass is 423 g/mol. The maximum atomic E-state index is 12.4. The van der Waals surface area contributed by atoms with Crippen LogP contribution in [0.2, 0.25) is 10.0 Å². The fraction of sp³-hybridized carbons (Fsp3) is 0.250. The second-order valence-corrected chi connectivity index (χ2v) is 6.70. The molecule has 0 spiro atoms. The first-order valence-corrected chi connectivity index (χ1v) is 9.19. The van der Waals surface area contributed by atoms with Crippen molar-refractivity contribution in [3.63, 3.8) is 0 Å². The van der Waals surface area contributed by atoms with E-state index in [1.807, 2.05) is 0 Å². The van der Waals surface area contributed by atoms with Gasteiger partial charge in [0.1, 0.15) is 0 Å². The van der Waals surface area contributed by atoms with Gasteiger partial charge in [0.05, 0.1) is 27.9 Å². The lowest BCUT2D eigenvalue weighted by atomic mass is 10.1. The first kappa shape index (κ1) is 21.7. The van der Waals surface area contributed by atoms with E-state index in [0.29, 0.717) is 32.4 Å². The average molecular weight is 424 g/mol. The number of nitrogens with one attached hydrogen (secondary N) is 1. The lowest BCUT2D eigenvalue weighted by molar-refractivity contribution is -0.136. The predicted octanol–water partition coefficient (Wildman–Crippen LogP) is 4.55. The van der Waals surface area contributed by atoms with Crippen LogP contribution in [0.1, 0.15) is 44.6 Å². The predicted molar refractivity (Wildman–Crippen MR) is 107 cm³/mol. The van der Waals surface area contributed by atoms with E-state index in [-0.39, 0.29) is 12.3 Å². The van der Waals surface area contributed by atoms with Crippen molar-refractivity contribution < 1.29 is 23.9 Å². The zero-order valence-electron chi connectivity index (χ0n) is 15.6. The summed E-state index contributed by atoms with van der Waals surface area (Å²) >= 11 is 11.7. The number of aryl methyl sites for hydroxylation is 1. The van der Waals surface area contributed by atoms with Crippen LogP contribution in [0.5, 0.6) is 0 Å². The molecule has 2 rings (SSSR count). The SMILES string of the molecule is CCOC(=O)c1c(C)[nH]c(C(=O)COC(=O)C=Cc2ccc(Cl)c(Cl)c2)c1C. The van der Waals surface area contributed by atoms with Crippen LogP contribution in [0.25, 0.3) is 6.08 Å². The van der Waals surface area contributed by atoms with Crippen molar-refractivity contribution in [3.05, 3.63) is 62.4 Å². The highest BCUT2D eigenvalue weighted by molar-refractivity contribution is 6.42. The first-order valence-electron chi connectivity index (χ1n) is 8.44. The summed E-state index contributed by atoms with van der Waals surface area (Å²) in [4.78, 5) is 39.1. The zero-order chi connectivity index (χ0) is 20.8. The Kier molecular flexibility index (Phi) is 7.43. The van der Waals surface area contributed by atoms with Crippen molar-refractivity contribution in [2.45, 2.75) is 20.8 Å². The third kappa shape index (κ3) is 5.24. The first-order chi connectivity index (χ1) is 13.2. The number of rotatable bonds is 7. The molecule has 0 fully saturated rings. The maximum Gasteiger partial charge on any atom is 0.340 e. The van der Waals surface area contributed by atoms with E-state index in [0.717, 1.165) is 0 Å². The van der Waals surface area contributed by atoms with E-state index in [1.54, 1.807) is 39.0 Å². The third-order valence-electron chi connectivity index (χ3n) is 3.90. The van der Waals surface area contributed by atoms with E-state index in [4.69, 9.17) is 32.7 Å². The minimum atomic E-state index is -0.689. The number of ketones is 1. The number of H-pyrrole nitrogens is 1. The summed E-state index contributed by atoms with van der Waals surface area (Å²) in [7, 11) is 0. The van der Waals surface area contributed by atoms with Crippen LogP contribution in [0.4, 0.5) is 0 Å². The number of esters is 2. The Bertz CT molecular complexity index is 946. The molecule has 0 aliphatic rings. The number of halogens is 2. The van der Waals surface area contributed by atoms with Gasteiger partial charge in [0.15, 0.2) is 6.61 Å². The molecular weight excluding hydrogens is 405 g/mol. The van der Waals surface area contributed by atoms with Gasteiger partial charge in [0.2, 0.25) is 5.78 Å². The number of ether oxygens (including phenoxy) is 2. The zero-order valence-corrected chi connectivity index (χ0v) is 17.1. The fourth-order valence-electron chi connectivity index (χ4n) is 2.58. The molecule has 0 bridgehead atoms. The summed E-state index contributed by atoms with van der Waals surface area (Å²) in [6.07, 6.45) is 2.68. The van der Waals surface area contributed by atoms with Crippen LogP contribution in [0, 0.1) is 13.8 Å². The Morgan fingerprint density at radius 1 is 1.11 bits per heavy atom. The van der Waals surface area contributed by atoms with Gasteiger partial charge in [-0.1, -0.05) is 29.3 Å². The summed E-state index contributed by atoms with van der Waals surface area (Å²) in [6.45, 7) is 4.77. The molecule has 8 heteroatoms. The van der Waals surface area contributed by atoms with Crippen molar-refractivity contribution in [2.24, 2.45) is 0 Å². The number of benzene rings is 1. The quantitative estimate of drug-likeness (QED) is 0.400. The highest BCUT2D eigenvalue weighted by atomic mass is 35.5. The summed E-state index contributed by atoms with van der Waals surface area (Å²) in [6, 6.07) is 4.89. The van der Waals surface area contributed by atoms with Crippen LogP contribution < -0.4 is 0 Å². The number of aromatic nitrogens is 1. The third-order valence-corrected chi connectivity index (χ3v) is 4.64. The van der Waals surface area contributed by atoms with Gasteiger partial charge in [-0.25, -0.2) is 9.59 Å². The normalized spacial score (nSPS) is 10.9. The standard InChI is InChI=1S/C20H19Cl2NO5/c1-4-27-20(26)18-11(2)19(23-12(18)3)16(24)10-28-17(25)8-6-13-5-7-14(21)15(22)9-13/h5-9,23H,4,10H2,1-3H3. The summed E-state index contributed by atoms with van der Waals surface area (Å²) in [5, 5.41) is 0.771. The number of Topliss-reactive ketones (excluding diaryl/α,β-unsaturated/α-hetero) is 1. The molecule has 28 heavy (non-hydrogen) atoms. The van der Waals surface area contributed by atoms with Gasteiger partial charge < -0.3 is 14.5 Å². The van der Waals surface area contributed by atoms with Crippen molar-refractivity contribution >= 4 is 47.0 Å². The number of carbonyl (C=O) groups is 3. The molecule has 2 aromatic rings. The second kappa shape index (κ2) is 9.57. The molecule has 148 valence electrons. The molecule has 0 saturated carbocycles. The lowest BCUT2D eigenvalue weighted by Crippen LogP contribution is -2.14. The van der Waals surface area contributed by atoms with E-state index in [1.165, 1.54) is 12.2 Å². The topological polar surface area (TPSA) is 85.5 Å². The van der Waals surface area contributed by atoms with Gasteiger partial charge in [-0.05, 0) is 50.1 Å². The van der Waals surface area contributed by atoms with Gasteiger partial charge in [-0.2, -0.15) is 0 Å². The average Bonchev–Trinajstić information content (AvgIpc) is 2.95. The molecular formula is C20H19Cl2NO5. The largest absolute Gasteiger partial charge is 0.462 e. The molecule has 0 atom stereocenters. The molecule has 0 unspecified atom stereocenters. The van der Waals surface area contributed by atoms with Crippen LogP contribution in [0.3, 0.4) is 0 Å². The Hall–Kier alpha value is -2.57. The molecule has 0 aliphatic heterocycles. The van der Waals surface area contributed by atoms with Crippen LogP contribution in [-0.2, 0) is 14.3 Å². The Morgan fingerprint density at radius 3 is 2.46 bits per heavy atom. The molecule has 1 aromatic carbocycles. The van der Waals surface area contributed by atoms with Gasteiger partial charge in [0, 0.05) is 11.8 Å². The smallest absolute Gasteiger partial charge is 0.340 e. The number of hydrogen-bond acceptors (Lipinski definition) is 5. The van der Waals surface area contributed by atoms with E-state index < -0.39 is 24.3 Å². The number of hydrogen-bond donors (Lipinski definition) is 1. The van der Waals surface area contributed by atoms with E-state index in [9.17, 15) is 14.4 Å². The summed E-state index contributed by atoms with van der Waals surface area (Å²) < 4.78 is 9.96. The highest BCUT2D eigenvalue weighted by Gasteiger charge is 2.23. The van der Waals surface area contributed by atoms with Gasteiger partial charge in [-0.15, -0.1) is 0 Å². The van der Waals surface area contributed by atoms with Crippen LogP contribution in [0.15, 0.2) is 24.3 Å². The number of carbonyl (C=O) groups excluding carboxylic acids is 3.